The zero-order valence-electron chi connectivity index (χ0n) is 7.93. The highest BCUT2D eigenvalue weighted by atomic mass is 35.5. The van der Waals surface area contributed by atoms with Crippen LogP contribution < -0.4 is 0 Å². The molecule has 4 heteroatoms. The Kier molecular flexibility index (Phi) is 2.83. The zero-order valence-corrected chi connectivity index (χ0v) is 8.69. The number of nitrogens with zero attached hydrogens (tertiary/aromatic N) is 2. The molecule has 0 fully saturated rings. The maximum absolute atomic E-state index is 10.4. The number of carbonyl (C=O) groups excluding carboxylic acids is 1. The van der Waals surface area contributed by atoms with Crippen LogP contribution in [0.3, 0.4) is 0 Å². The van der Waals surface area contributed by atoms with Crippen LogP contribution in [0.1, 0.15) is 5.69 Å². The average Bonchev–Trinajstić information content (AvgIpc) is 2.68. The number of rotatable bonds is 3. The SMILES string of the molecule is O=CCc1cncn1-c1ccc(Cl)cc1. The second-order valence-corrected chi connectivity index (χ2v) is 3.54. The van der Waals surface area contributed by atoms with Gasteiger partial charge in [0.1, 0.15) is 6.29 Å². The molecule has 0 atom stereocenters. The van der Waals surface area contributed by atoms with E-state index >= 15 is 0 Å². The molecule has 0 saturated carbocycles. The van der Waals surface area contributed by atoms with Crippen LogP contribution in [0.25, 0.3) is 5.69 Å². The van der Waals surface area contributed by atoms with Crippen molar-refractivity contribution in [1.82, 2.24) is 9.55 Å². The van der Waals surface area contributed by atoms with Crippen LogP contribution in [0.4, 0.5) is 0 Å². The van der Waals surface area contributed by atoms with Gasteiger partial charge < -0.3 is 9.36 Å². The van der Waals surface area contributed by atoms with Gasteiger partial charge in [-0.05, 0) is 24.3 Å². The number of aromatic nitrogens is 2. The molecule has 0 N–H and O–H groups in total. The van der Waals surface area contributed by atoms with Crippen LogP contribution in [0.5, 0.6) is 0 Å². The predicted molar refractivity (Wildman–Crippen MR) is 58.3 cm³/mol. The largest absolute Gasteiger partial charge is 0.303 e. The molecule has 1 aromatic heterocycles. The lowest BCUT2D eigenvalue weighted by Gasteiger charge is -2.05. The summed E-state index contributed by atoms with van der Waals surface area (Å²) in [7, 11) is 0. The van der Waals surface area contributed by atoms with Crippen molar-refractivity contribution in [3.63, 3.8) is 0 Å². The maximum atomic E-state index is 10.4. The molecule has 0 spiro atoms. The van der Waals surface area contributed by atoms with Gasteiger partial charge in [-0.15, -0.1) is 0 Å². The Labute approximate surface area is 92.3 Å². The number of carbonyl (C=O) groups is 1. The molecule has 0 saturated heterocycles. The molecular weight excluding hydrogens is 212 g/mol. The summed E-state index contributed by atoms with van der Waals surface area (Å²) in [6, 6.07) is 7.39. The molecule has 76 valence electrons. The number of aldehydes is 1. The summed E-state index contributed by atoms with van der Waals surface area (Å²) in [5, 5.41) is 0.691. The Bertz CT molecular complexity index is 462. The number of benzene rings is 1. The van der Waals surface area contributed by atoms with E-state index in [-0.39, 0.29) is 0 Å². The first-order valence-corrected chi connectivity index (χ1v) is 4.90. The van der Waals surface area contributed by atoms with Crippen molar-refractivity contribution in [2.45, 2.75) is 6.42 Å². The lowest BCUT2D eigenvalue weighted by Crippen LogP contribution is -1.99. The Balaban J connectivity index is 2.40. The van der Waals surface area contributed by atoms with Gasteiger partial charge in [-0.2, -0.15) is 0 Å². The van der Waals surface area contributed by atoms with Gasteiger partial charge in [0.05, 0.1) is 6.33 Å². The van der Waals surface area contributed by atoms with Gasteiger partial charge in [0.2, 0.25) is 0 Å². The first-order chi connectivity index (χ1) is 7.31. The third-order valence-corrected chi connectivity index (χ3v) is 2.36. The molecule has 0 aliphatic rings. The van der Waals surface area contributed by atoms with Gasteiger partial charge in [0, 0.05) is 29.0 Å². The highest BCUT2D eigenvalue weighted by molar-refractivity contribution is 6.30. The first-order valence-electron chi connectivity index (χ1n) is 4.52. The molecule has 2 aromatic rings. The Morgan fingerprint density at radius 3 is 2.73 bits per heavy atom. The second kappa shape index (κ2) is 4.28. The van der Waals surface area contributed by atoms with Crippen molar-refractivity contribution in [2.24, 2.45) is 0 Å². The predicted octanol–water partition coefficient (Wildman–Crippen LogP) is 2.27. The Morgan fingerprint density at radius 1 is 1.33 bits per heavy atom. The quantitative estimate of drug-likeness (QED) is 0.744. The van der Waals surface area contributed by atoms with Gasteiger partial charge in [-0.1, -0.05) is 11.6 Å². The Morgan fingerprint density at radius 2 is 2.07 bits per heavy atom. The number of halogens is 1. The summed E-state index contributed by atoms with van der Waals surface area (Å²) in [5.74, 6) is 0. The van der Waals surface area contributed by atoms with E-state index in [0.717, 1.165) is 17.7 Å². The number of hydrogen-bond acceptors (Lipinski definition) is 2. The van der Waals surface area contributed by atoms with Crippen LogP contribution in [0.2, 0.25) is 5.02 Å². The second-order valence-electron chi connectivity index (χ2n) is 3.10. The van der Waals surface area contributed by atoms with E-state index in [1.807, 2.05) is 28.8 Å². The third-order valence-electron chi connectivity index (χ3n) is 2.11. The molecule has 0 amide bonds. The van der Waals surface area contributed by atoms with Crippen LogP contribution >= 0.6 is 11.6 Å². The van der Waals surface area contributed by atoms with E-state index in [2.05, 4.69) is 4.98 Å². The molecule has 0 radical (unpaired) electrons. The van der Waals surface area contributed by atoms with Crippen LogP contribution in [-0.4, -0.2) is 15.8 Å². The van der Waals surface area contributed by atoms with E-state index in [1.165, 1.54) is 0 Å². The molecule has 2 rings (SSSR count). The standard InChI is InChI=1S/C11H9ClN2O/c12-9-1-3-10(4-2-9)14-8-13-7-11(14)5-6-15/h1-4,6-8H,5H2. The molecule has 0 unspecified atom stereocenters. The fourth-order valence-electron chi connectivity index (χ4n) is 1.39. The normalized spacial score (nSPS) is 10.2. The fourth-order valence-corrected chi connectivity index (χ4v) is 1.52. The van der Waals surface area contributed by atoms with Crippen molar-refractivity contribution in [3.05, 3.63) is 47.5 Å². The van der Waals surface area contributed by atoms with E-state index in [9.17, 15) is 4.79 Å². The van der Waals surface area contributed by atoms with Gasteiger partial charge in [-0.3, -0.25) is 0 Å². The number of hydrogen-bond donors (Lipinski definition) is 0. The fraction of sp³-hybridized carbons (Fsp3) is 0.0909. The molecule has 0 aliphatic carbocycles. The zero-order chi connectivity index (χ0) is 10.7. The van der Waals surface area contributed by atoms with Crippen molar-refractivity contribution in [1.29, 1.82) is 0 Å². The third kappa shape index (κ3) is 2.07. The van der Waals surface area contributed by atoms with Crippen LogP contribution in [0.15, 0.2) is 36.8 Å². The number of imidazole rings is 1. The van der Waals surface area contributed by atoms with E-state index < -0.39 is 0 Å². The van der Waals surface area contributed by atoms with E-state index in [4.69, 9.17) is 11.6 Å². The molecule has 0 bridgehead atoms. The Hall–Kier alpha value is -1.61. The molecular formula is C11H9ClN2O. The molecule has 0 aliphatic heterocycles. The van der Waals surface area contributed by atoms with E-state index in [1.54, 1.807) is 12.5 Å². The lowest BCUT2D eigenvalue weighted by atomic mass is 10.3. The smallest absolute Gasteiger partial charge is 0.125 e. The van der Waals surface area contributed by atoms with Crippen molar-refractivity contribution in [3.8, 4) is 5.69 Å². The summed E-state index contributed by atoms with van der Waals surface area (Å²) < 4.78 is 1.87. The van der Waals surface area contributed by atoms with Crippen molar-refractivity contribution in [2.75, 3.05) is 0 Å². The molecule has 1 aromatic carbocycles. The summed E-state index contributed by atoms with van der Waals surface area (Å²) in [5.41, 5.74) is 1.82. The minimum absolute atomic E-state index is 0.364. The van der Waals surface area contributed by atoms with Crippen molar-refractivity contribution < 1.29 is 4.79 Å². The summed E-state index contributed by atoms with van der Waals surface area (Å²) in [6.07, 6.45) is 4.59. The first kappa shape index (κ1) is 9.93. The summed E-state index contributed by atoms with van der Waals surface area (Å²) >= 11 is 5.79. The van der Waals surface area contributed by atoms with Crippen LogP contribution in [-0.2, 0) is 11.2 Å². The average molecular weight is 221 g/mol. The minimum atomic E-state index is 0.364. The monoisotopic (exact) mass is 220 g/mol. The maximum Gasteiger partial charge on any atom is 0.125 e. The highest BCUT2D eigenvalue weighted by Gasteiger charge is 2.03. The van der Waals surface area contributed by atoms with Crippen LogP contribution in [0, 0.1) is 0 Å². The lowest BCUT2D eigenvalue weighted by molar-refractivity contribution is -0.107. The minimum Gasteiger partial charge on any atom is -0.303 e. The summed E-state index contributed by atoms with van der Waals surface area (Å²) in [6.45, 7) is 0. The van der Waals surface area contributed by atoms with Gasteiger partial charge >= 0.3 is 0 Å². The van der Waals surface area contributed by atoms with Gasteiger partial charge in [-0.25, -0.2) is 4.98 Å². The van der Waals surface area contributed by atoms with Gasteiger partial charge in [0.15, 0.2) is 0 Å². The topological polar surface area (TPSA) is 34.9 Å². The van der Waals surface area contributed by atoms with Gasteiger partial charge in [0.25, 0.3) is 0 Å². The molecule has 1 heterocycles. The summed E-state index contributed by atoms with van der Waals surface area (Å²) in [4.78, 5) is 14.5. The van der Waals surface area contributed by atoms with E-state index in [0.29, 0.717) is 11.4 Å². The molecule has 15 heavy (non-hydrogen) atoms. The molecule has 3 nitrogen and oxygen atoms in total. The highest BCUT2D eigenvalue weighted by Crippen LogP contribution is 2.15. The van der Waals surface area contributed by atoms with Crippen molar-refractivity contribution >= 4 is 17.9 Å².